The molecule has 8 rings (SSSR count). The molecule has 8 aliphatic carbocycles. The van der Waals surface area contributed by atoms with Crippen molar-refractivity contribution in [3.63, 3.8) is 0 Å². The first kappa shape index (κ1) is 57.0. The Morgan fingerprint density at radius 1 is 0.463 bits per heavy atom. The fourth-order valence-electron chi connectivity index (χ4n) is 11.8. The van der Waals surface area contributed by atoms with E-state index in [0.29, 0.717) is 63.3 Å². The van der Waals surface area contributed by atoms with Crippen molar-refractivity contribution in [2.75, 3.05) is 66.1 Å². The van der Waals surface area contributed by atoms with E-state index in [1.165, 1.54) is 40.5 Å². The molecule has 18 heteroatoms. The van der Waals surface area contributed by atoms with E-state index in [-0.39, 0.29) is 78.3 Å². The van der Waals surface area contributed by atoms with Crippen LogP contribution < -0.4 is 0 Å². The highest BCUT2D eigenvalue weighted by Gasteiger charge is 2.61. The summed E-state index contributed by atoms with van der Waals surface area (Å²) in [5, 5.41) is 0. The Bertz CT molecular complexity index is 1680. The smallest absolute Gasteiger partial charge is 0.344 e. The van der Waals surface area contributed by atoms with E-state index in [2.05, 4.69) is 9.47 Å². The van der Waals surface area contributed by atoms with Gasteiger partial charge in [-0.3, -0.25) is 24.0 Å². The minimum absolute atomic E-state index is 0.0155. The lowest BCUT2D eigenvalue weighted by Crippen LogP contribution is -2.58. The van der Waals surface area contributed by atoms with Crippen molar-refractivity contribution in [1.29, 1.82) is 0 Å². The van der Waals surface area contributed by atoms with Gasteiger partial charge in [0.25, 0.3) is 0 Å². The Labute approximate surface area is 396 Å². The quantitative estimate of drug-likeness (QED) is 0.104. The molecule has 8 fully saturated rings. The molecule has 0 aromatic rings. The molecule has 0 aliphatic heterocycles. The molecule has 0 aromatic carbocycles. The van der Waals surface area contributed by atoms with Crippen molar-refractivity contribution in [3.05, 3.63) is 0 Å². The fourth-order valence-corrected chi connectivity index (χ4v) is 11.8. The molecule has 67 heavy (non-hydrogen) atoms. The summed E-state index contributed by atoms with van der Waals surface area (Å²) in [6.07, 6.45) is 12.7. The van der Waals surface area contributed by atoms with Gasteiger partial charge in [-0.25, -0.2) is 14.4 Å². The van der Waals surface area contributed by atoms with Crippen molar-refractivity contribution < 1.29 is 85.7 Å². The molecule has 0 saturated heterocycles. The molecule has 8 bridgehead atoms. The Hall–Kier alpha value is -4.32. The third-order valence-electron chi connectivity index (χ3n) is 13.1. The van der Waals surface area contributed by atoms with Gasteiger partial charge in [-0.1, -0.05) is 0 Å². The second-order valence-corrected chi connectivity index (χ2v) is 20.0. The highest BCUT2D eigenvalue weighted by Crippen LogP contribution is 2.64. The molecule has 0 radical (unpaired) electrons. The van der Waals surface area contributed by atoms with Crippen LogP contribution in [0.15, 0.2) is 0 Å². The summed E-state index contributed by atoms with van der Waals surface area (Å²) in [6.45, 7) is 18.3. The Morgan fingerprint density at radius 2 is 0.881 bits per heavy atom. The van der Waals surface area contributed by atoms with Crippen LogP contribution in [-0.4, -0.2) is 125 Å². The summed E-state index contributed by atoms with van der Waals surface area (Å²) in [6, 6.07) is 0. The van der Waals surface area contributed by atoms with Crippen molar-refractivity contribution in [1.82, 2.24) is 0 Å². The van der Waals surface area contributed by atoms with Crippen LogP contribution in [0.3, 0.4) is 0 Å². The minimum Gasteiger partial charge on any atom is -0.465 e. The average Bonchev–Trinajstić information content (AvgIpc) is 3.22. The molecule has 382 valence electrons. The van der Waals surface area contributed by atoms with E-state index in [9.17, 15) is 38.4 Å². The molecule has 0 amide bonds. The van der Waals surface area contributed by atoms with Gasteiger partial charge >= 0.3 is 47.8 Å². The van der Waals surface area contributed by atoms with Gasteiger partial charge < -0.3 is 47.4 Å². The van der Waals surface area contributed by atoms with Crippen LogP contribution >= 0.6 is 0 Å². The maximum absolute atomic E-state index is 12.0. The number of hydrogen-bond donors (Lipinski definition) is 0. The van der Waals surface area contributed by atoms with Crippen LogP contribution in [0.2, 0.25) is 0 Å². The maximum Gasteiger partial charge on any atom is 0.344 e. The molecule has 18 nitrogen and oxygen atoms in total. The molecule has 4 unspecified atom stereocenters. The van der Waals surface area contributed by atoms with E-state index in [1.807, 2.05) is 6.92 Å². The number of hydrogen-bond acceptors (Lipinski definition) is 18. The average molecular weight is 955 g/mol. The topological polar surface area (TPSA) is 229 Å². The molecule has 0 heterocycles. The largest absolute Gasteiger partial charge is 0.465 e. The lowest BCUT2D eigenvalue weighted by atomic mass is 9.48. The molecule has 0 spiro atoms. The van der Waals surface area contributed by atoms with Crippen LogP contribution in [0.25, 0.3) is 0 Å². The van der Waals surface area contributed by atoms with Crippen molar-refractivity contribution in [2.24, 2.45) is 39.9 Å². The van der Waals surface area contributed by atoms with E-state index in [1.54, 1.807) is 34.6 Å². The number of ether oxygens (including phenoxy) is 10. The van der Waals surface area contributed by atoms with Crippen molar-refractivity contribution in [3.8, 4) is 0 Å². The third-order valence-corrected chi connectivity index (χ3v) is 13.1. The molecule has 8 saturated carbocycles. The van der Waals surface area contributed by atoms with E-state index >= 15 is 0 Å². The minimum atomic E-state index is -0.762. The summed E-state index contributed by atoms with van der Waals surface area (Å²) in [4.78, 5) is 88.3. The van der Waals surface area contributed by atoms with Crippen LogP contribution in [0, 0.1) is 39.9 Å². The Balaban J connectivity index is 0.000000250. The van der Waals surface area contributed by atoms with Crippen LogP contribution in [0.5, 0.6) is 0 Å². The normalized spacial score (nSPS) is 28.9. The van der Waals surface area contributed by atoms with Gasteiger partial charge in [-0.15, -0.1) is 0 Å². The van der Waals surface area contributed by atoms with Crippen molar-refractivity contribution >= 4 is 47.8 Å². The predicted octanol–water partition coefficient (Wildman–Crippen LogP) is 6.19. The van der Waals surface area contributed by atoms with Gasteiger partial charge in [0.1, 0.15) is 25.4 Å². The lowest BCUT2D eigenvalue weighted by Gasteiger charge is -2.61. The molecule has 0 aromatic heterocycles. The van der Waals surface area contributed by atoms with Gasteiger partial charge in [-0.05, 0) is 142 Å². The second-order valence-electron chi connectivity index (χ2n) is 20.0. The van der Waals surface area contributed by atoms with Crippen LogP contribution in [-0.2, 0) is 85.7 Å². The lowest BCUT2D eigenvalue weighted by molar-refractivity contribution is -0.213. The SMILES string of the molecule is CCOC(=O)C(C)(C)COC(C)=O.CCOC(=O)COC(C)=O.CCOC(=O)COC12CC3CC(CC(COC(C)=O)(C3)C1)C2.CCOCC(=O)OC12CC3CC(CC(COC(C)=O)(C3)C1)C2. The zero-order valence-corrected chi connectivity index (χ0v) is 41.7. The Morgan fingerprint density at radius 3 is 1.30 bits per heavy atom. The molecule has 0 N–H and O–H groups in total. The van der Waals surface area contributed by atoms with E-state index < -0.39 is 23.3 Å². The standard InChI is InChI=1S/2C17H26O5.C9H16O4.C6H10O4/c1-3-20-15(19)9-22-17-7-13-4-14(8-17)6-16(5-13,10-17)11-21-12(2)18;1-3-20-9-15(19)22-17-7-13-4-14(8-17)6-16(5-13,10-17)11-21-12(2)18;1-5-12-8(11)9(3,4)6-13-7(2)10;1-3-9-6(8)4-10-5(2)7/h2*13-14H,3-11H2,1-2H3;5-6H2,1-4H3;3-4H2,1-2H3. The third kappa shape index (κ3) is 18.6. The molecular formula is C49H78O18. The zero-order valence-electron chi connectivity index (χ0n) is 41.7. The first-order valence-corrected chi connectivity index (χ1v) is 23.9. The van der Waals surface area contributed by atoms with Gasteiger partial charge in [0, 0.05) is 45.1 Å². The highest BCUT2D eigenvalue weighted by atomic mass is 16.6. The molecule has 8 aliphatic rings. The summed E-state index contributed by atoms with van der Waals surface area (Å²) in [5.41, 5.74) is -1.25. The monoisotopic (exact) mass is 955 g/mol. The first-order chi connectivity index (χ1) is 31.4. The number of carbonyl (C=O) groups is 8. The predicted molar refractivity (Wildman–Crippen MR) is 238 cm³/mol. The molecule has 4 atom stereocenters. The zero-order chi connectivity index (χ0) is 50.1. The van der Waals surface area contributed by atoms with Gasteiger partial charge in [0.2, 0.25) is 0 Å². The number of rotatable bonds is 19. The summed E-state index contributed by atoms with van der Waals surface area (Å²) >= 11 is 0. The first-order valence-electron chi connectivity index (χ1n) is 23.9. The highest BCUT2D eigenvalue weighted by molar-refractivity contribution is 5.77. The maximum atomic E-state index is 12.0. The van der Waals surface area contributed by atoms with Gasteiger partial charge in [-0.2, -0.15) is 0 Å². The number of esters is 8. The van der Waals surface area contributed by atoms with Crippen LogP contribution in [0.4, 0.5) is 0 Å². The second kappa shape index (κ2) is 25.9. The van der Waals surface area contributed by atoms with Crippen LogP contribution in [0.1, 0.15) is 146 Å². The van der Waals surface area contributed by atoms with Crippen molar-refractivity contribution in [2.45, 2.75) is 157 Å². The van der Waals surface area contributed by atoms with Gasteiger partial charge in [0.15, 0.2) is 6.61 Å². The fraction of sp³-hybridized carbons (Fsp3) is 0.837. The molecular weight excluding hydrogens is 877 g/mol. The Kier molecular flexibility index (Phi) is 22.0. The summed E-state index contributed by atoms with van der Waals surface area (Å²) in [5.74, 6) is -0.250. The van der Waals surface area contributed by atoms with Gasteiger partial charge in [0.05, 0.1) is 44.1 Å². The summed E-state index contributed by atoms with van der Waals surface area (Å²) < 4.78 is 51.1. The van der Waals surface area contributed by atoms with E-state index in [0.717, 1.165) is 64.2 Å². The number of carbonyl (C=O) groups excluding carboxylic acids is 8. The summed E-state index contributed by atoms with van der Waals surface area (Å²) in [7, 11) is 0. The van der Waals surface area contributed by atoms with E-state index in [4.69, 9.17) is 37.9 Å².